The number of hydrogen-bond acceptors (Lipinski definition) is 20. The first-order chi connectivity index (χ1) is 26.7. The van der Waals surface area contributed by atoms with E-state index in [2.05, 4.69) is 16.0 Å². The van der Waals surface area contributed by atoms with Crippen LogP contribution in [-0.4, -0.2) is 243 Å². The quantitative estimate of drug-likeness (QED) is 0.0723. The highest BCUT2D eigenvalue weighted by atomic mass is 16.8. The molecule has 0 aromatic rings. The molecule has 24 heteroatoms. The molecule has 0 aromatic carbocycles. The maximum Gasteiger partial charge on any atom is 0.217 e. The van der Waals surface area contributed by atoms with Gasteiger partial charge in [0.25, 0.3) is 0 Å². The van der Waals surface area contributed by atoms with Gasteiger partial charge in [-0.2, -0.15) is 0 Å². The number of carbonyl (C=O) groups is 3. The van der Waals surface area contributed by atoms with Gasteiger partial charge in [0.2, 0.25) is 24.0 Å². The monoisotopic (exact) mass is 831 g/mol. The zero-order valence-electron chi connectivity index (χ0n) is 32.4. The van der Waals surface area contributed by atoms with E-state index in [1.54, 1.807) is 21.1 Å². The zero-order chi connectivity index (χ0) is 42.7. The molecule has 24 nitrogen and oxygen atoms in total. The summed E-state index contributed by atoms with van der Waals surface area (Å²) in [6.45, 7) is 0.0746. The average Bonchev–Trinajstić information content (AvgIpc) is 3.12. The summed E-state index contributed by atoms with van der Waals surface area (Å²) >= 11 is 0. The van der Waals surface area contributed by atoms with Gasteiger partial charge in [-0.15, -0.1) is 0 Å². The predicted molar refractivity (Wildman–Crippen MR) is 184 cm³/mol. The number of aliphatic hydroxyl groups is 10. The van der Waals surface area contributed by atoms with Crippen molar-refractivity contribution in [2.45, 2.75) is 143 Å². The summed E-state index contributed by atoms with van der Waals surface area (Å²) in [4.78, 5) is 36.6. The Morgan fingerprint density at radius 1 is 0.491 bits per heavy atom. The maximum absolute atomic E-state index is 12.5. The van der Waals surface area contributed by atoms with Crippen molar-refractivity contribution in [1.82, 2.24) is 16.0 Å². The summed E-state index contributed by atoms with van der Waals surface area (Å²) in [5.41, 5.74) is 0. The first kappa shape index (κ1) is 47.4. The number of carbonyl (C=O) groups excluding carboxylic acids is 3. The lowest BCUT2D eigenvalue weighted by atomic mass is 9.92. The lowest BCUT2D eigenvalue weighted by Gasteiger charge is -2.51. The second-order valence-corrected chi connectivity index (χ2v) is 15.5. The van der Waals surface area contributed by atoms with E-state index in [0.717, 1.165) is 20.8 Å². The van der Waals surface area contributed by atoms with Gasteiger partial charge in [-0.25, -0.2) is 0 Å². The molecule has 330 valence electrons. The van der Waals surface area contributed by atoms with Gasteiger partial charge >= 0.3 is 0 Å². The van der Waals surface area contributed by atoms with Gasteiger partial charge in [-0.1, -0.05) is 0 Å². The van der Waals surface area contributed by atoms with Crippen LogP contribution in [0.3, 0.4) is 0 Å². The largest absolute Gasteiger partial charge is 0.394 e. The number of ether oxygens (including phenoxy) is 7. The number of nitrogens with zero attached hydrogens (tertiary/aromatic N) is 1. The van der Waals surface area contributed by atoms with Gasteiger partial charge in [-0.3, -0.25) is 14.4 Å². The van der Waals surface area contributed by atoms with Crippen molar-refractivity contribution >= 4 is 17.7 Å². The molecule has 0 saturated carbocycles. The van der Waals surface area contributed by atoms with Gasteiger partial charge in [0.15, 0.2) is 24.9 Å². The topological polar surface area (TPSA) is 354 Å². The van der Waals surface area contributed by atoms with Crippen LogP contribution in [0.4, 0.5) is 0 Å². The van der Waals surface area contributed by atoms with Crippen molar-refractivity contribution in [1.29, 1.82) is 0 Å². The lowest BCUT2D eigenvalue weighted by molar-refractivity contribution is -0.910. The van der Waals surface area contributed by atoms with Gasteiger partial charge in [0, 0.05) is 20.8 Å². The average molecular weight is 832 g/mol. The van der Waals surface area contributed by atoms with Crippen molar-refractivity contribution in [3.05, 3.63) is 0 Å². The van der Waals surface area contributed by atoms with E-state index >= 15 is 0 Å². The van der Waals surface area contributed by atoms with Crippen LogP contribution in [-0.2, 0) is 47.5 Å². The van der Waals surface area contributed by atoms with Crippen molar-refractivity contribution < 1.29 is 103 Å². The Morgan fingerprint density at radius 3 is 1.19 bits per heavy atom. The van der Waals surface area contributed by atoms with Crippen molar-refractivity contribution in [3.63, 3.8) is 0 Å². The molecule has 0 aromatic heterocycles. The van der Waals surface area contributed by atoms with Crippen LogP contribution in [0, 0.1) is 0 Å². The van der Waals surface area contributed by atoms with Gasteiger partial charge in [0.1, 0.15) is 91.4 Å². The van der Waals surface area contributed by atoms with E-state index in [1.165, 1.54) is 0 Å². The number of amides is 3. The smallest absolute Gasteiger partial charge is 0.217 e. The summed E-state index contributed by atoms with van der Waals surface area (Å²) in [6, 6.07) is -5.57. The van der Waals surface area contributed by atoms with Gasteiger partial charge in [-0.05, 0) is 0 Å². The fraction of sp³-hybridized carbons (Fsp3) is 0.909. The SMILES string of the molecule is CC(=O)N[C@H]1[C@H](O[C@H]2[C@H](O)[C@H](NC(C)=O)C(O)O[C@@H]2CO)O[C@H](CO)[C@@H](O[C@@H]2O[C@H](CO)[C@@H](O[C@H]3O[C@H](CO)[C@@H](O)[C@H](O)[C@H]3[N+](C)(C)C)[C@H](O)[C@H]2NC(C)=O)[C@@H]1O. The minimum absolute atomic E-state index is 0.0388. The third kappa shape index (κ3) is 10.7. The molecule has 57 heavy (non-hydrogen) atoms. The number of nitrogens with one attached hydrogen (secondary N) is 3. The molecule has 4 rings (SSSR count). The van der Waals surface area contributed by atoms with Crippen LogP contribution < -0.4 is 16.0 Å². The highest BCUT2D eigenvalue weighted by Gasteiger charge is 2.57. The van der Waals surface area contributed by atoms with E-state index in [4.69, 9.17) is 33.2 Å². The molecule has 4 saturated heterocycles. The molecule has 3 amide bonds. The van der Waals surface area contributed by atoms with Crippen LogP contribution in [0.1, 0.15) is 20.8 Å². The Hall–Kier alpha value is -2.31. The van der Waals surface area contributed by atoms with Crippen LogP contribution in [0.25, 0.3) is 0 Å². The summed E-state index contributed by atoms with van der Waals surface area (Å²) in [6.07, 6.45) is -25.5. The molecule has 4 aliphatic rings. The zero-order valence-corrected chi connectivity index (χ0v) is 32.4. The van der Waals surface area contributed by atoms with Gasteiger partial charge < -0.3 is 105 Å². The van der Waals surface area contributed by atoms with Crippen molar-refractivity contribution in [2.75, 3.05) is 47.6 Å². The molecule has 4 aliphatic heterocycles. The van der Waals surface area contributed by atoms with Crippen LogP contribution in [0.2, 0.25) is 0 Å². The Morgan fingerprint density at radius 2 is 0.825 bits per heavy atom. The molecule has 0 spiro atoms. The number of rotatable bonds is 14. The van der Waals surface area contributed by atoms with Crippen molar-refractivity contribution in [3.8, 4) is 0 Å². The minimum Gasteiger partial charge on any atom is -0.394 e. The second kappa shape index (κ2) is 19.8. The molecule has 1 unspecified atom stereocenters. The Balaban J connectivity index is 1.62. The first-order valence-electron chi connectivity index (χ1n) is 18.4. The summed E-state index contributed by atoms with van der Waals surface area (Å²) in [5.74, 6) is -2.07. The van der Waals surface area contributed by atoms with Crippen LogP contribution in [0.15, 0.2) is 0 Å². The molecule has 0 aliphatic carbocycles. The van der Waals surface area contributed by atoms with E-state index in [1.807, 2.05) is 0 Å². The predicted octanol–water partition coefficient (Wildman–Crippen LogP) is -8.60. The normalized spacial score (nSPS) is 44.2. The molecule has 0 bridgehead atoms. The molecular formula is C33H59N4O20+. The number of likely N-dealkylation sites (N-methyl/N-ethyl adjacent to an activating group) is 1. The highest BCUT2D eigenvalue weighted by Crippen LogP contribution is 2.35. The van der Waals surface area contributed by atoms with Crippen LogP contribution >= 0.6 is 0 Å². The molecule has 4 heterocycles. The summed E-state index contributed by atoms with van der Waals surface area (Å²) in [5, 5.41) is 114. The summed E-state index contributed by atoms with van der Waals surface area (Å²) in [7, 11) is 5.01. The molecule has 0 radical (unpaired) electrons. The van der Waals surface area contributed by atoms with Gasteiger partial charge in [0.05, 0.1) is 47.6 Å². The van der Waals surface area contributed by atoms with E-state index in [-0.39, 0.29) is 4.48 Å². The third-order valence-corrected chi connectivity index (χ3v) is 10.3. The van der Waals surface area contributed by atoms with Crippen molar-refractivity contribution in [2.24, 2.45) is 0 Å². The fourth-order valence-corrected chi connectivity index (χ4v) is 7.59. The van der Waals surface area contributed by atoms with E-state index in [9.17, 15) is 65.4 Å². The van der Waals surface area contributed by atoms with E-state index < -0.39 is 167 Å². The molecule has 13 N–H and O–H groups in total. The summed E-state index contributed by atoms with van der Waals surface area (Å²) < 4.78 is 41.2. The third-order valence-electron chi connectivity index (χ3n) is 10.3. The van der Waals surface area contributed by atoms with E-state index in [0.29, 0.717) is 0 Å². The fourth-order valence-electron chi connectivity index (χ4n) is 7.59. The highest BCUT2D eigenvalue weighted by molar-refractivity contribution is 5.74. The number of quaternary nitrogens is 1. The second-order valence-electron chi connectivity index (χ2n) is 15.5. The lowest BCUT2D eigenvalue weighted by Crippen LogP contribution is -2.72. The minimum atomic E-state index is -1.86. The number of aliphatic hydroxyl groups excluding tert-OH is 10. The van der Waals surface area contributed by atoms with Crippen LogP contribution in [0.5, 0.6) is 0 Å². The first-order valence-corrected chi connectivity index (χ1v) is 18.4. The Labute approximate surface area is 327 Å². The number of hydrogen-bond donors (Lipinski definition) is 13. The maximum atomic E-state index is 12.5. The molecular weight excluding hydrogens is 772 g/mol. The molecule has 20 atom stereocenters. The standard InChI is InChI=1S/C33H58N4O20/c1-11(42)34-18-23(46)27(15(8-39)51-30(18)50)55-31-19(35-12(2)43)24(47)28(16(9-40)53-31)56-32-20(36-13(3)44)25(48)29(17(10-41)54-32)57-33-21(37(4,5)6)26(49)22(45)14(7-38)52-33/h14-33,38-41,45-50H,7-10H2,1-6H3,(H2-,34,35,36,42,43,44)/p+1/t14-,15-,16-,17-,18+,19-,20-,21-,22-,23-,24-,25-,26-,27-,28-,29-,30?,31+,32+,33-/m1/s1. The molecule has 4 fully saturated rings. The Bertz CT molecular complexity index is 1350. The Kier molecular flexibility index (Phi) is 16.5.